The lowest BCUT2D eigenvalue weighted by molar-refractivity contribution is -0.162. The van der Waals surface area contributed by atoms with Gasteiger partial charge in [-0.1, -0.05) is 0 Å². The average Bonchev–Trinajstić information content (AvgIpc) is 2.75. The van der Waals surface area contributed by atoms with E-state index in [1.54, 1.807) is 0 Å². The molecule has 0 amide bonds. The minimum absolute atomic E-state index is 1.57. The highest BCUT2D eigenvalue weighted by Crippen LogP contribution is 2.56. The molecule has 4 atom stereocenters. The topological polar surface area (TPSA) is 101 Å². The van der Waals surface area contributed by atoms with E-state index in [1.807, 2.05) is 0 Å². The van der Waals surface area contributed by atoms with Crippen molar-refractivity contribution in [3.05, 3.63) is 0 Å². The molecule has 1 saturated carbocycles. The monoisotopic (exact) mass is 227 g/mol. The Kier molecular flexibility index (Phi) is 2.64. The summed E-state index contributed by atoms with van der Waals surface area (Å²) in [5.74, 6) is -8.76. The van der Waals surface area contributed by atoms with Crippen LogP contribution in [0.15, 0.2) is 0 Å². The van der Waals surface area contributed by atoms with Crippen molar-refractivity contribution in [3.8, 4) is 0 Å². The van der Waals surface area contributed by atoms with Gasteiger partial charge in [0.05, 0.1) is 11.8 Å². The number of aliphatic carboxylic acids is 2. The summed E-state index contributed by atoms with van der Waals surface area (Å²) in [7, 11) is 0. The minimum atomic E-state index is -4.72. The van der Waals surface area contributed by atoms with Crippen molar-refractivity contribution in [1.29, 1.82) is 0 Å². The Bertz CT molecular complexity index is 303. The van der Waals surface area contributed by atoms with Crippen molar-refractivity contribution in [2.24, 2.45) is 23.5 Å². The number of hydrogen-bond donors (Lipinski definition) is 3. The van der Waals surface area contributed by atoms with Crippen LogP contribution in [0.3, 0.4) is 0 Å². The van der Waals surface area contributed by atoms with Gasteiger partial charge in [0.25, 0.3) is 0 Å². The van der Waals surface area contributed by atoms with Crippen LogP contribution < -0.4 is 5.73 Å². The summed E-state index contributed by atoms with van der Waals surface area (Å²) >= 11 is 0. The van der Waals surface area contributed by atoms with Gasteiger partial charge in [-0.25, -0.2) is 0 Å². The van der Waals surface area contributed by atoms with E-state index in [4.69, 9.17) is 15.9 Å². The Balaban J connectivity index is 2.83. The lowest BCUT2D eigenvalue weighted by atomic mass is 10.1. The van der Waals surface area contributed by atoms with Crippen molar-refractivity contribution in [1.82, 2.24) is 0 Å². The van der Waals surface area contributed by atoms with Crippen LogP contribution >= 0.6 is 0 Å². The van der Waals surface area contributed by atoms with Crippen molar-refractivity contribution < 1.29 is 33.0 Å². The van der Waals surface area contributed by atoms with E-state index >= 15 is 0 Å². The molecule has 0 radical (unpaired) electrons. The standard InChI is InChI=1S/C7H8F3NO4/c8-7(9,10)3-1(2(3)5(12)13)4(11)6(14)15/h1-4H,11H2,(H,12,13)(H,14,15)/t1-,2-,3-,4+/m1/s1. The Hall–Kier alpha value is -1.31. The van der Waals surface area contributed by atoms with E-state index in [1.165, 1.54) is 0 Å². The molecular formula is C7H8F3NO4. The normalized spacial score (nSPS) is 32.1. The number of carboxylic acids is 2. The molecule has 86 valence electrons. The molecule has 0 bridgehead atoms. The smallest absolute Gasteiger partial charge is 0.393 e. The molecule has 8 heteroatoms. The second-order valence-electron chi connectivity index (χ2n) is 3.37. The van der Waals surface area contributed by atoms with Gasteiger partial charge < -0.3 is 15.9 Å². The zero-order valence-corrected chi connectivity index (χ0v) is 7.23. The number of hydrogen-bond acceptors (Lipinski definition) is 3. The third-order valence-electron chi connectivity index (χ3n) is 2.44. The van der Waals surface area contributed by atoms with Crippen LogP contribution in [0.25, 0.3) is 0 Å². The largest absolute Gasteiger partial charge is 0.481 e. The maximum absolute atomic E-state index is 12.2. The molecule has 0 aromatic carbocycles. The Morgan fingerprint density at radius 1 is 1.27 bits per heavy atom. The number of carboxylic acid groups (broad SMARTS) is 2. The van der Waals surface area contributed by atoms with Crippen LogP contribution in [0.5, 0.6) is 0 Å². The van der Waals surface area contributed by atoms with Crippen LogP contribution in [0, 0.1) is 17.8 Å². The summed E-state index contributed by atoms with van der Waals surface area (Å²) in [6.45, 7) is 0. The molecule has 0 saturated heterocycles. The van der Waals surface area contributed by atoms with Crippen molar-refractivity contribution in [2.45, 2.75) is 12.2 Å². The fourth-order valence-electron chi connectivity index (χ4n) is 1.69. The second-order valence-corrected chi connectivity index (χ2v) is 3.37. The third kappa shape index (κ3) is 2.04. The summed E-state index contributed by atoms with van der Waals surface area (Å²) in [4.78, 5) is 20.7. The molecule has 5 nitrogen and oxygen atoms in total. The maximum atomic E-state index is 12.2. The Morgan fingerprint density at radius 3 is 1.93 bits per heavy atom. The zero-order valence-electron chi connectivity index (χ0n) is 7.23. The molecule has 1 aliphatic carbocycles. The first kappa shape index (κ1) is 11.8. The van der Waals surface area contributed by atoms with E-state index in [2.05, 4.69) is 0 Å². The van der Waals surface area contributed by atoms with Gasteiger partial charge >= 0.3 is 18.1 Å². The third-order valence-corrected chi connectivity index (χ3v) is 2.44. The highest BCUT2D eigenvalue weighted by Gasteiger charge is 2.70. The number of alkyl halides is 3. The number of halogens is 3. The van der Waals surface area contributed by atoms with E-state index in [9.17, 15) is 22.8 Å². The molecule has 15 heavy (non-hydrogen) atoms. The van der Waals surface area contributed by atoms with Crippen LogP contribution in [-0.2, 0) is 9.59 Å². The van der Waals surface area contributed by atoms with Gasteiger partial charge in [0.1, 0.15) is 6.04 Å². The molecule has 0 heterocycles. The fraction of sp³-hybridized carbons (Fsp3) is 0.714. The van der Waals surface area contributed by atoms with E-state index < -0.39 is 41.9 Å². The van der Waals surface area contributed by atoms with Crippen molar-refractivity contribution in [2.75, 3.05) is 0 Å². The first-order valence-corrected chi connectivity index (χ1v) is 3.96. The Labute approximate surface area is 81.7 Å². The first-order valence-electron chi connectivity index (χ1n) is 3.96. The fourth-order valence-corrected chi connectivity index (χ4v) is 1.69. The van der Waals surface area contributed by atoms with Crippen LogP contribution in [0.2, 0.25) is 0 Å². The van der Waals surface area contributed by atoms with Gasteiger partial charge in [-0.3, -0.25) is 9.59 Å². The number of carbonyl (C=O) groups is 2. The van der Waals surface area contributed by atoms with Gasteiger partial charge in [-0.15, -0.1) is 0 Å². The lowest BCUT2D eigenvalue weighted by Crippen LogP contribution is -2.35. The van der Waals surface area contributed by atoms with Crippen LogP contribution in [-0.4, -0.2) is 34.4 Å². The summed E-state index contributed by atoms with van der Waals surface area (Å²) in [5, 5.41) is 16.8. The molecule has 0 spiro atoms. The van der Waals surface area contributed by atoms with E-state index in [-0.39, 0.29) is 0 Å². The molecule has 1 aliphatic rings. The van der Waals surface area contributed by atoms with Crippen LogP contribution in [0.1, 0.15) is 0 Å². The van der Waals surface area contributed by atoms with Crippen molar-refractivity contribution >= 4 is 11.9 Å². The predicted octanol–water partition coefficient (Wildman–Crippen LogP) is -0.0926. The zero-order chi connectivity index (χ0) is 12.0. The second kappa shape index (κ2) is 3.37. The van der Waals surface area contributed by atoms with Gasteiger partial charge in [-0.2, -0.15) is 13.2 Å². The predicted molar refractivity (Wildman–Crippen MR) is 39.8 cm³/mol. The maximum Gasteiger partial charge on any atom is 0.393 e. The van der Waals surface area contributed by atoms with Gasteiger partial charge in [-0.05, 0) is 0 Å². The molecule has 0 aliphatic heterocycles. The highest BCUT2D eigenvalue weighted by molar-refractivity contribution is 5.80. The summed E-state index contributed by atoms with van der Waals surface area (Å²) < 4.78 is 36.6. The number of rotatable bonds is 3. The van der Waals surface area contributed by atoms with Gasteiger partial charge in [0.15, 0.2) is 0 Å². The lowest BCUT2D eigenvalue weighted by Gasteiger charge is -2.07. The van der Waals surface area contributed by atoms with Gasteiger partial charge in [0.2, 0.25) is 0 Å². The first-order chi connectivity index (χ1) is 6.68. The van der Waals surface area contributed by atoms with Crippen molar-refractivity contribution in [3.63, 3.8) is 0 Å². The minimum Gasteiger partial charge on any atom is -0.481 e. The summed E-state index contributed by atoms with van der Waals surface area (Å²) in [6, 6.07) is -1.79. The van der Waals surface area contributed by atoms with Crippen LogP contribution in [0.4, 0.5) is 13.2 Å². The quantitative estimate of drug-likeness (QED) is 0.625. The molecule has 0 aromatic rings. The molecule has 1 rings (SSSR count). The molecule has 0 unspecified atom stereocenters. The molecule has 0 aromatic heterocycles. The molecule has 4 N–H and O–H groups in total. The molecule has 1 fully saturated rings. The SMILES string of the molecule is N[C@H](C(=O)O)[C@@H]1[C@@H](C(=O)O)[C@@H]1C(F)(F)F. The average molecular weight is 227 g/mol. The van der Waals surface area contributed by atoms with E-state index in [0.29, 0.717) is 0 Å². The Morgan fingerprint density at radius 2 is 1.73 bits per heavy atom. The summed E-state index contributed by atoms with van der Waals surface area (Å²) in [6.07, 6.45) is -4.72. The van der Waals surface area contributed by atoms with E-state index in [0.717, 1.165) is 0 Å². The van der Waals surface area contributed by atoms with Gasteiger partial charge in [0, 0.05) is 5.92 Å². The number of nitrogens with two attached hydrogens (primary N) is 1. The molecular weight excluding hydrogens is 219 g/mol. The summed E-state index contributed by atoms with van der Waals surface area (Å²) in [5.41, 5.74) is 4.97. The highest BCUT2D eigenvalue weighted by atomic mass is 19.4.